The van der Waals surface area contributed by atoms with Gasteiger partial charge in [-0.05, 0) is 30.3 Å². The van der Waals surface area contributed by atoms with Gasteiger partial charge in [0.05, 0.1) is 7.05 Å². The molecule has 2 aromatic carbocycles. The Morgan fingerprint density at radius 2 is 2.04 bits per heavy atom. The van der Waals surface area contributed by atoms with E-state index in [1.54, 1.807) is 22.8 Å². The molecule has 0 fully saturated rings. The number of halogens is 1. The summed E-state index contributed by atoms with van der Waals surface area (Å²) >= 11 is 6.08. The minimum Gasteiger partial charge on any atom is -0.454 e. The number of imidazole rings is 1. The highest BCUT2D eigenvalue weighted by atomic mass is 35.5. The van der Waals surface area contributed by atoms with Crippen LogP contribution in [0.4, 0.5) is 5.95 Å². The summed E-state index contributed by atoms with van der Waals surface area (Å²) in [5.41, 5.74) is 8.55. The number of nitrogens with zero attached hydrogens (tertiary/aromatic N) is 2. The molecule has 2 heterocycles. The number of ketones is 1. The highest BCUT2D eigenvalue weighted by Gasteiger charge is 2.22. The smallest absolute Gasteiger partial charge is 0.355 e. The molecular formula is C19H17ClN3O3+. The van der Waals surface area contributed by atoms with Crippen molar-refractivity contribution in [1.29, 1.82) is 0 Å². The van der Waals surface area contributed by atoms with Crippen LogP contribution in [0, 0.1) is 0 Å². The predicted octanol–water partition coefficient (Wildman–Crippen LogP) is 2.83. The van der Waals surface area contributed by atoms with Crippen molar-refractivity contribution in [2.45, 2.75) is 6.54 Å². The fourth-order valence-electron chi connectivity index (χ4n) is 2.98. The second-order valence-electron chi connectivity index (χ2n) is 6.06. The number of nitrogen functional groups attached to an aromatic ring is 1. The quantitative estimate of drug-likeness (QED) is 0.566. The van der Waals surface area contributed by atoms with Crippen LogP contribution in [0.15, 0.2) is 48.7 Å². The molecule has 132 valence electrons. The van der Waals surface area contributed by atoms with Gasteiger partial charge in [0.15, 0.2) is 17.3 Å². The van der Waals surface area contributed by atoms with Gasteiger partial charge in [0.2, 0.25) is 6.79 Å². The van der Waals surface area contributed by atoms with E-state index in [1.165, 1.54) is 0 Å². The molecule has 0 aliphatic carbocycles. The topological polar surface area (TPSA) is 70.4 Å². The Labute approximate surface area is 155 Å². The maximum atomic E-state index is 12.7. The Hall–Kier alpha value is -2.99. The average molecular weight is 371 g/mol. The summed E-state index contributed by atoms with van der Waals surface area (Å²) in [6.45, 7) is 0.302. The van der Waals surface area contributed by atoms with Crippen LogP contribution in [-0.2, 0) is 13.6 Å². The predicted molar refractivity (Wildman–Crippen MR) is 97.4 cm³/mol. The summed E-state index contributed by atoms with van der Waals surface area (Å²) < 4.78 is 14.2. The molecule has 2 N–H and O–H groups in total. The Morgan fingerprint density at radius 3 is 2.85 bits per heavy atom. The summed E-state index contributed by atoms with van der Waals surface area (Å²) in [6.07, 6.45) is 1.85. The fraction of sp³-hybridized carbons (Fsp3) is 0.158. The molecule has 0 radical (unpaired) electrons. The van der Waals surface area contributed by atoms with Crippen LogP contribution in [0.5, 0.6) is 11.5 Å². The van der Waals surface area contributed by atoms with Gasteiger partial charge < -0.3 is 9.47 Å². The minimum absolute atomic E-state index is 0.0664. The highest BCUT2D eigenvalue weighted by Crippen LogP contribution is 2.32. The summed E-state index contributed by atoms with van der Waals surface area (Å²) in [7, 11) is 1.85. The zero-order chi connectivity index (χ0) is 18.3. The van der Waals surface area contributed by atoms with E-state index in [1.807, 2.05) is 42.1 Å². The number of anilines is 1. The van der Waals surface area contributed by atoms with Crippen molar-refractivity contribution in [3.05, 3.63) is 59.2 Å². The maximum Gasteiger partial charge on any atom is 0.355 e. The van der Waals surface area contributed by atoms with Gasteiger partial charge in [-0.25, -0.2) is 9.13 Å². The highest BCUT2D eigenvalue weighted by molar-refractivity contribution is 6.30. The largest absolute Gasteiger partial charge is 0.454 e. The van der Waals surface area contributed by atoms with Gasteiger partial charge in [-0.1, -0.05) is 23.7 Å². The molecular weight excluding hydrogens is 354 g/mol. The molecule has 0 saturated heterocycles. The van der Waals surface area contributed by atoms with Crippen molar-refractivity contribution in [2.24, 2.45) is 7.05 Å². The Bertz CT molecular complexity index is 1010. The zero-order valence-corrected chi connectivity index (χ0v) is 14.9. The third-order valence-corrected chi connectivity index (χ3v) is 4.64. The number of hydrogen-bond acceptors (Lipinski definition) is 4. The Balaban J connectivity index is 1.62. The molecule has 26 heavy (non-hydrogen) atoms. The van der Waals surface area contributed by atoms with Crippen LogP contribution >= 0.6 is 11.6 Å². The van der Waals surface area contributed by atoms with E-state index in [2.05, 4.69) is 0 Å². The molecule has 3 aromatic rings. The molecule has 1 aliphatic rings. The summed E-state index contributed by atoms with van der Waals surface area (Å²) in [4.78, 5) is 12.7. The van der Waals surface area contributed by atoms with E-state index < -0.39 is 0 Å². The van der Waals surface area contributed by atoms with E-state index in [4.69, 9.17) is 26.8 Å². The van der Waals surface area contributed by atoms with Crippen LogP contribution in [0.3, 0.4) is 0 Å². The number of rotatable bonds is 4. The maximum absolute atomic E-state index is 12.7. The first-order valence-electron chi connectivity index (χ1n) is 8.06. The summed E-state index contributed by atoms with van der Waals surface area (Å²) in [5.74, 6) is 1.65. The van der Waals surface area contributed by atoms with Crippen molar-refractivity contribution in [1.82, 2.24) is 4.57 Å². The SMILES string of the molecule is Cn1c(-c2cccc(Cl)c2)c[n+](CC(=O)c2ccc3c(c2)OCO3)c1N. The van der Waals surface area contributed by atoms with E-state index in [0.29, 0.717) is 28.0 Å². The van der Waals surface area contributed by atoms with Crippen molar-refractivity contribution in [2.75, 3.05) is 12.5 Å². The van der Waals surface area contributed by atoms with Gasteiger partial charge in [-0.3, -0.25) is 10.5 Å². The number of benzene rings is 2. The van der Waals surface area contributed by atoms with E-state index in [-0.39, 0.29) is 19.1 Å². The van der Waals surface area contributed by atoms with Crippen LogP contribution in [0.2, 0.25) is 5.02 Å². The number of carbonyl (C=O) groups is 1. The van der Waals surface area contributed by atoms with E-state index >= 15 is 0 Å². The van der Waals surface area contributed by atoms with Gasteiger partial charge in [0, 0.05) is 16.1 Å². The van der Waals surface area contributed by atoms with Crippen LogP contribution in [0.25, 0.3) is 11.3 Å². The third-order valence-electron chi connectivity index (χ3n) is 4.41. The molecule has 6 nitrogen and oxygen atoms in total. The molecule has 0 atom stereocenters. The van der Waals surface area contributed by atoms with Crippen LogP contribution in [-0.4, -0.2) is 17.1 Å². The number of fused-ring (bicyclic) bond motifs is 1. The first-order valence-corrected chi connectivity index (χ1v) is 8.44. The number of Topliss-reactive ketones (excluding diaryl/α,β-unsaturated/α-hetero) is 1. The van der Waals surface area contributed by atoms with Crippen molar-refractivity contribution in [3.8, 4) is 22.8 Å². The molecule has 0 amide bonds. The lowest BCUT2D eigenvalue weighted by Gasteiger charge is -2.02. The molecule has 7 heteroatoms. The third kappa shape index (κ3) is 2.88. The lowest BCUT2D eigenvalue weighted by Crippen LogP contribution is -2.39. The zero-order valence-electron chi connectivity index (χ0n) is 14.1. The molecule has 0 spiro atoms. The van der Waals surface area contributed by atoms with Gasteiger partial charge in [0.1, 0.15) is 18.4 Å². The number of nitrogens with two attached hydrogens (primary N) is 1. The average Bonchev–Trinajstić information content (AvgIpc) is 3.21. The Morgan fingerprint density at radius 1 is 1.23 bits per heavy atom. The van der Waals surface area contributed by atoms with Gasteiger partial charge in [0.25, 0.3) is 0 Å². The van der Waals surface area contributed by atoms with Crippen molar-refractivity contribution < 1.29 is 18.8 Å². The molecule has 0 saturated carbocycles. The fourth-order valence-corrected chi connectivity index (χ4v) is 3.17. The van der Waals surface area contributed by atoms with Gasteiger partial charge in [-0.15, -0.1) is 0 Å². The van der Waals surface area contributed by atoms with E-state index in [0.717, 1.165) is 11.3 Å². The standard InChI is InChI=1S/C19H16ClN3O3/c1-22-15(12-3-2-4-14(20)7-12)9-23(19(22)21)10-16(24)13-5-6-17-18(8-13)26-11-25-17/h2-9,21H,10-11H2,1H3/p+1. The van der Waals surface area contributed by atoms with Crippen LogP contribution in [0.1, 0.15) is 10.4 Å². The Kier molecular flexibility index (Phi) is 4.05. The van der Waals surface area contributed by atoms with Gasteiger partial charge in [-0.2, -0.15) is 0 Å². The molecule has 4 rings (SSSR count). The molecule has 1 aromatic heterocycles. The molecule has 1 aliphatic heterocycles. The second kappa shape index (κ2) is 6.38. The number of hydrogen-bond donors (Lipinski definition) is 1. The number of ether oxygens (including phenoxy) is 2. The second-order valence-corrected chi connectivity index (χ2v) is 6.50. The molecule has 0 unspecified atom stereocenters. The number of aromatic nitrogens is 2. The van der Waals surface area contributed by atoms with Crippen molar-refractivity contribution >= 4 is 23.3 Å². The van der Waals surface area contributed by atoms with Crippen LogP contribution < -0.4 is 19.8 Å². The van der Waals surface area contributed by atoms with Gasteiger partial charge >= 0.3 is 5.95 Å². The van der Waals surface area contributed by atoms with E-state index in [9.17, 15) is 4.79 Å². The number of carbonyl (C=O) groups excluding carboxylic acids is 1. The first kappa shape index (κ1) is 16.5. The van der Waals surface area contributed by atoms with Crippen molar-refractivity contribution in [3.63, 3.8) is 0 Å². The normalized spacial score (nSPS) is 12.4. The first-order chi connectivity index (χ1) is 12.5. The summed E-state index contributed by atoms with van der Waals surface area (Å²) in [6, 6.07) is 12.7. The monoisotopic (exact) mass is 370 g/mol. The molecule has 0 bridgehead atoms. The lowest BCUT2D eigenvalue weighted by atomic mass is 10.1. The minimum atomic E-state index is -0.0664. The summed E-state index contributed by atoms with van der Waals surface area (Å²) in [5, 5.41) is 0.644. The lowest BCUT2D eigenvalue weighted by molar-refractivity contribution is -0.667.